The Morgan fingerprint density at radius 1 is 1.18 bits per heavy atom. The predicted octanol–water partition coefficient (Wildman–Crippen LogP) is 1.96. The summed E-state index contributed by atoms with van der Waals surface area (Å²) >= 11 is 0. The van der Waals surface area contributed by atoms with Crippen molar-refractivity contribution in [3.05, 3.63) is 29.8 Å². The largest absolute Gasteiger partial charge is 0.465 e. The lowest BCUT2D eigenvalue weighted by molar-refractivity contribution is -0.127. The second kappa shape index (κ2) is 8.81. The molecule has 2 N–H and O–H groups in total. The number of carbonyl (C=O) groups is 3. The molecule has 1 aromatic rings. The summed E-state index contributed by atoms with van der Waals surface area (Å²) in [6.45, 7) is 3.77. The Hall–Kier alpha value is -2.37. The Balaban J connectivity index is 2.55. The number of benzene rings is 1. The Morgan fingerprint density at radius 2 is 1.86 bits per heavy atom. The van der Waals surface area contributed by atoms with E-state index >= 15 is 0 Å². The number of methoxy groups -OCH3 is 1. The molecule has 0 saturated heterocycles. The summed E-state index contributed by atoms with van der Waals surface area (Å²) in [5.74, 6) is -1.02. The van der Waals surface area contributed by atoms with Gasteiger partial charge in [-0.3, -0.25) is 9.59 Å². The fourth-order valence-electron chi connectivity index (χ4n) is 2.02. The van der Waals surface area contributed by atoms with Crippen LogP contribution in [0.4, 0.5) is 5.69 Å². The zero-order chi connectivity index (χ0) is 16.5. The molecule has 22 heavy (non-hydrogen) atoms. The first-order chi connectivity index (χ1) is 10.5. The van der Waals surface area contributed by atoms with Crippen LogP contribution >= 0.6 is 0 Å². The van der Waals surface area contributed by atoms with E-state index in [0.717, 1.165) is 12.8 Å². The molecule has 1 rings (SSSR count). The molecular formula is C16H22N2O4. The normalized spacial score (nSPS) is 10.2. The molecule has 0 aliphatic heterocycles. The Labute approximate surface area is 130 Å². The van der Waals surface area contributed by atoms with Gasteiger partial charge in [0.2, 0.25) is 11.8 Å². The van der Waals surface area contributed by atoms with Crippen molar-refractivity contribution >= 4 is 23.5 Å². The van der Waals surface area contributed by atoms with Gasteiger partial charge < -0.3 is 15.4 Å². The van der Waals surface area contributed by atoms with Crippen LogP contribution in [0, 0.1) is 5.92 Å². The van der Waals surface area contributed by atoms with E-state index in [1.165, 1.54) is 13.2 Å². The first-order valence-electron chi connectivity index (χ1n) is 7.27. The van der Waals surface area contributed by atoms with Crippen molar-refractivity contribution in [3.63, 3.8) is 0 Å². The van der Waals surface area contributed by atoms with E-state index in [1.54, 1.807) is 18.2 Å². The maximum atomic E-state index is 11.8. The van der Waals surface area contributed by atoms with Crippen LogP contribution in [-0.2, 0) is 14.3 Å². The molecule has 6 nitrogen and oxygen atoms in total. The number of nitrogens with one attached hydrogen (secondary N) is 2. The average molecular weight is 306 g/mol. The zero-order valence-corrected chi connectivity index (χ0v) is 13.1. The minimum Gasteiger partial charge on any atom is -0.465 e. The number of esters is 1. The van der Waals surface area contributed by atoms with Gasteiger partial charge in [-0.2, -0.15) is 0 Å². The van der Waals surface area contributed by atoms with E-state index < -0.39 is 5.97 Å². The molecule has 0 aliphatic rings. The molecule has 0 saturated carbocycles. The van der Waals surface area contributed by atoms with Crippen LogP contribution in [0.3, 0.4) is 0 Å². The fourth-order valence-corrected chi connectivity index (χ4v) is 2.02. The van der Waals surface area contributed by atoms with Gasteiger partial charge in [0.1, 0.15) is 0 Å². The van der Waals surface area contributed by atoms with Gasteiger partial charge in [-0.05, 0) is 31.0 Å². The minimum absolute atomic E-state index is 0.0737. The summed E-state index contributed by atoms with van der Waals surface area (Å²) in [4.78, 5) is 35.0. The van der Waals surface area contributed by atoms with Crippen molar-refractivity contribution < 1.29 is 19.1 Å². The second-order valence-corrected chi connectivity index (χ2v) is 4.85. The molecule has 1 aromatic carbocycles. The third kappa shape index (κ3) is 5.20. The third-order valence-corrected chi connectivity index (χ3v) is 3.35. The van der Waals surface area contributed by atoms with Gasteiger partial charge >= 0.3 is 5.97 Å². The molecule has 2 amide bonds. The molecule has 120 valence electrons. The maximum absolute atomic E-state index is 11.8. The molecule has 0 spiro atoms. The minimum atomic E-state index is -0.474. The number of carbonyl (C=O) groups excluding carboxylic acids is 3. The van der Waals surface area contributed by atoms with E-state index in [9.17, 15) is 14.4 Å². The lowest BCUT2D eigenvalue weighted by Gasteiger charge is -2.12. The quantitative estimate of drug-likeness (QED) is 0.754. The first-order valence-corrected chi connectivity index (χ1v) is 7.27. The zero-order valence-electron chi connectivity index (χ0n) is 13.1. The highest BCUT2D eigenvalue weighted by atomic mass is 16.5. The van der Waals surface area contributed by atoms with Gasteiger partial charge in [0.05, 0.1) is 19.2 Å². The fraction of sp³-hybridized carbons (Fsp3) is 0.438. The van der Waals surface area contributed by atoms with Crippen molar-refractivity contribution in [2.24, 2.45) is 5.92 Å². The molecule has 0 bridgehead atoms. The van der Waals surface area contributed by atoms with E-state index in [1.807, 2.05) is 13.8 Å². The van der Waals surface area contributed by atoms with Crippen LogP contribution in [0.25, 0.3) is 0 Å². The van der Waals surface area contributed by atoms with Gasteiger partial charge in [0.15, 0.2) is 0 Å². The van der Waals surface area contributed by atoms with Crippen LogP contribution in [-0.4, -0.2) is 31.4 Å². The highest BCUT2D eigenvalue weighted by molar-refractivity contribution is 5.96. The topological polar surface area (TPSA) is 84.5 Å². The van der Waals surface area contributed by atoms with Crippen molar-refractivity contribution in [1.29, 1.82) is 0 Å². The monoisotopic (exact) mass is 306 g/mol. The van der Waals surface area contributed by atoms with Crippen molar-refractivity contribution in [2.45, 2.75) is 26.7 Å². The Morgan fingerprint density at radius 3 is 2.45 bits per heavy atom. The highest BCUT2D eigenvalue weighted by Crippen LogP contribution is 2.11. The molecule has 0 aromatic heterocycles. The van der Waals surface area contributed by atoms with Crippen molar-refractivity contribution in [3.8, 4) is 0 Å². The van der Waals surface area contributed by atoms with Crippen LogP contribution in [0.1, 0.15) is 37.0 Å². The number of hydrogen-bond acceptors (Lipinski definition) is 4. The summed E-state index contributed by atoms with van der Waals surface area (Å²) in [6, 6.07) is 6.42. The van der Waals surface area contributed by atoms with Crippen LogP contribution in [0.15, 0.2) is 24.3 Å². The molecule has 0 unspecified atom stereocenters. The maximum Gasteiger partial charge on any atom is 0.337 e. The number of anilines is 1. The number of hydrogen-bond donors (Lipinski definition) is 2. The van der Waals surface area contributed by atoms with Gasteiger partial charge in [0.25, 0.3) is 0 Å². The number of ether oxygens (including phenoxy) is 1. The summed E-state index contributed by atoms with van der Waals surface area (Å²) in [7, 11) is 1.29. The Bertz CT molecular complexity index is 539. The molecule has 0 radical (unpaired) electrons. The second-order valence-electron chi connectivity index (χ2n) is 4.85. The van der Waals surface area contributed by atoms with E-state index in [2.05, 4.69) is 15.4 Å². The molecule has 0 aliphatic carbocycles. The number of amides is 2. The molecular weight excluding hydrogens is 284 g/mol. The van der Waals surface area contributed by atoms with Gasteiger partial charge in [-0.15, -0.1) is 0 Å². The van der Waals surface area contributed by atoms with Crippen LogP contribution in [0.2, 0.25) is 0 Å². The highest BCUT2D eigenvalue weighted by Gasteiger charge is 2.15. The van der Waals surface area contributed by atoms with Gasteiger partial charge in [-0.25, -0.2) is 4.79 Å². The van der Waals surface area contributed by atoms with Crippen molar-refractivity contribution in [2.75, 3.05) is 19.0 Å². The predicted molar refractivity (Wildman–Crippen MR) is 83.5 cm³/mol. The lowest BCUT2D eigenvalue weighted by atomic mass is 10.0. The average Bonchev–Trinajstić information content (AvgIpc) is 2.53. The van der Waals surface area contributed by atoms with E-state index in [0.29, 0.717) is 11.3 Å². The van der Waals surface area contributed by atoms with Gasteiger partial charge in [-0.1, -0.05) is 19.9 Å². The molecule has 6 heteroatoms. The van der Waals surface area contributed by atoms with E-state index in [4.69, 9.17) is 0 Å². The smallest absolute Gasteiger partial charge is 0.337 e. The van der Waals surface area contributed by atoms with Crippen LogP contribution in [0.5, 0.6) is 0 Å². The summed E-state index contributed by atoms with van der Waals surface area (Å²) < 4.78 is 4.62. The van der Waals surface area contributed by atoms with Gasteiger partial charge in [0, 0.05) is 11.6 Å². The van der Waals surface area contributed by atoms with E-state index in [-0.39, 0.29) is 24.3 Å². The summed E-state index contributed by atoms with van der Waals surface area (Å²) in [5.41, 5.74) is 0.825. The van der Waals surface area contributed by atoms with Crippen LogP contribution < -0.4 is 10.6 Å². The Kier molecular flexibility index (Phi) is 7.08. The summed E-state index contributed by atoms with van der Waals surface area (Å²) in [6.07, 6.45) is 1.48. The molecule has 0 atom stereocenters. The SMILES string of the molecule is CCC(CC)C(=O)NCC(=O)Nc1cccc(C(=O)OC)c1. The molecule has 0 fully saturated rings. The van der Waals surface area contributed by atoms with Crippen molar-refractivity contribution in [1.82, 2.24) is 5.32 Å². The molecule has 0 heterocycles. The number of rotatable bonds is 7. The first kappa shape index (κ1) is 17.7. The standard InChI is InChI=1S/C16H22N2O4/c1-4-11(5-2)15(20)17-10-14(19)18-13-8-6-7-12(9-13)16(21)22-3/h6-9,11H,4-5,10H2,1-3H3,(H,17,20)(H,18,19). The lowest BCUT2D eigenvalue weighted by Crippen LogP contribution is -2.36. The summed E-state index contributed by atoms with van der Waals surface area (Å²) in [5, 5.41) is 5.24. The third-order valence-electron chi connectivity index (χ3n) is 3.35.